The average molecular weight is 281 g/mol. The van der Waals surface area contributed by atoms with Crippen LogP contribution in [0, 0.1) is 34.5 Å². The first-order chi connectivity index (χ1) is 10.0. The minimum atomic E-state index is -1.23. The van der Waals surface area contributed by atoms with Crippen molar-refractivity contribution in [1.29, 1.82) is 5.26 Å². The molecular formula is C17H15NO3. The average Bonchev–Trinajstić information content (AvgIpc) is 3.38. The third-order valence-electron chi connectivity index (χ3n) is 4.39. The van der Waals surface area contributed by atoms with Crippen LogP contribution in [0.25, 0.3) is 0 Å². The number of aromatic carboxylic acids is 1. The first-order valence-corrected chi connectivity index (χ1v) is 7.01. The molecular weight excluding hydrogens is 266 g/mol. The maximum Gasteiger partial charge on any atom is 0.335 e. The number of nitrogens with zero attached hydrogens (tertiary/aromatic N) is 1. The molecule has 0 heterocycles. The Morgan fingerprint density at radius 3 is 2.33 bits per heavy atom. The van der Waals surface area contributed by atoms with Crippen molar-refractivity contribution in [2.75, 3.05) is 0 Å². The third kappa shape index (κ3) is 2.28. The van der Waals surface area contributed by atoms with Gasteiger partial charge in [0.25, 0.3) is 0 Å². The standard InChI is InChI=1S/C17H15NO3/c18-11-16(9-10-16)17(21,14-5-6-14)8-7-12-1-3-13(4-2-12)15(19)20/h1-4,14,21H,5-6,9-10H2,(H,19,20)/t17-/m1/s1. The van der Waals surface area contributed by atoms with Crippen LogP contribution >= 0.6 is 0 Å². The summed E-state index contributed by atoms with van der Waals surface area (Å²) in [6.45, 7) is 0. The van der Waals surface area contributed by atoms with Crippen LogP contribution in [0.2, 0.25) is 0 Å². The maximum atomic E-state index is 10.9. The van der Waals surface area contributed by atoms with E-state index in [0.717, 1.165) is 12.8 Å². The largest absolute Gasteiger partial charge is 0.478 e. The van der Waals surface area contributed by atoms with Gasteiger partial charge < -0.3 is 10.2 Å². The van der Waals surface area contributed by atoms with E-state index in [2.05, 4.69) is 17.9 Å². The molecule has 2 aliphatic rings. The van der Waals surface area contributed by atoms with Crippen molar-refractivity contribution < 1.29 is 15.0 Å². The van der Waals surface area contributed by atoms with Crippen LogP contribution in [0.5, 0.6) is 0 Å². The molecule has 0 radical (unpaired) electrons. The lowest BCUT2D eigenvalue weighted by Gasteiger charge is -2.27. The molecule has 1 atom stereocenters. The van der Waals surface area contributed by atoms with Crippen LogP contribution in [-0.4, -0.2) is 21.8 Å². The number of benzene rings is 1. The molecule has 21 heavy (non-hydrogen) atoms. The number of hydrogen-bond acceptors (Lipinski definition) is 3. The van der Waals surface area contributed by atoms with Gasteiger partial charge in [0.15, 0.2) is 0 Å². The van der Waals surface area contributed by atoms with Gasteiger partial charge in [-0.1, -0.05) is 11.8 Å². The molecule has 0 aromatic heterocycles. The minimum Gasteiger partial charge on any atom is -0.478 e. The van der Waals surface area contributed by atoms with Gasteiger partial charge in [-0.05, 0) is 49.9 Å². The van der Waals surface area contributed by atoms with Crippen LogP contribution in [-0.2, 0) is 0 Å². The molecule has 0 unspecified atom stereocenters. The van der Waals surface area contributed by atoms with Crippen molar-refractivity contribution in [3.05, 3.63) is 35.4 Å². The fraction of sp³-hybridized carbons (Fsp3) is 0.412. The molecule has 4 nitrogen and oxygen atoms in total. The monoisotopic (exact) mass is 281 g/mol. The SMILES string of the molecule is N#CC1([C@@](O)(C#Cc2ccc(C(=O)O)cc2)C2CC2)CC1. The molecule has 0 amide bonds. The second-order valence-electron chi connectivity index (χ2n) is 5.87. The first kappa shape index (κ1) is 13.7. The maximum absolute atomic E-state index is 10.9. The van der Waals surface area contributed by atoms with E-state index in [-0.39, 0.29) is 11.5 Å². The molecule has 106 valence electrons. The Hall–Kier alpha value is -2.30. The second kappa shape index (κ2) is 4.62. The van der Waals surface area contributed by atoms with Gasteiger partial charge in [0.2, 0.25) is 0 Å². The summed E-state index contributed by atoms with van der Waals surface area (Å²) in [6.07, 6.45) is 3.21. The smallest absolute Gasteiger partial charge is 0.335 e. The zero-order chi connectivity index (χ0) is 15.1. The van der Waals surface area contributed by atoms with Crippen LogP contribution in [0.3, 0.4) is 0 Å². The predicted molar refractivity (Wildman–Crippen MR) is 75.2 cm³/mol. The third-order valence-corrected chi connectivity index (χ3v) is 4.39. The summed E-state index contributed by atoms with van der Waals surface area (Å²) in [5.41, 5.74) is -1.09. The molecule has 1 aromatic carbocycles. The molecule has 2 saturated carbocycles. The van der Waals surface area contributed by atoms with E-state index < -0.39 is 17.0 Å². The van der Waals surface area contributed by atoms with E-state index in [1.54, 1.807) is 12.1 Å². The van der Waals surface area contributed by atoms with Gasteiger partial charge in [-0.2, -0.15) is 5.26 Å². The van der Waals surface area contributed by atoms with Gasteiger partial charge >= 0.3 is 5.97 Å². The number of hydrogen-bond donors (Lipinski definition) is 2. The van der Waals surface area contributed by atoms with Crippen LogP contribution < -0.4 is 0 Å². The molecule has 0 saturated heterocycles. The Morgan fingerprint density at radius 1 is 1.29 bits per heavy atom. The van der Waals surface area contributed by atoms with E-state index in [9.17, 15) is 15.2 Å². The molecule has 2 N–H and O–H groups in total. The summed E-state index contributed by atoms with van der Waals surface area (Å²) in [6, 6.07) is 8.46. The lowest BCUT2D eigenvalue weighted by molar-refractivity contribution is 0.0267. The Bertz CT molecular complexity index is 681. The van der Waals surface area contributed by atoms with Crippen molar-refractivity contribution in [2.45, 2.75) is 31.3 Å². The van der Waals surface area contributed by atoms with Crippen molar-refractivity contribution in [2.24, 2.45) is 11.3 Å². The van der Waals surface area contributed by atoms with Crippen LogP contribution in [0.15, 0.2) is 24.3 Å². The summed E-state index contributed by atoms with van der Waals surface area (Å²) in [7, 11) is 0. The van der Waals surface area contributed by atoms with E-state index in [4.69, 9.17) is 5.11 Å². The molecule has 0 aliphatic heterocycles. The predicted octanol–water partition coefficient (Wildman–Crippen LogP) is 2.18. The normalized spacial score (nSPS) is 21.3. The molecule has 2 fully saturated rings. The van der Waals surface area contributed by atoms with Gasteiger partial charge in [-0.25, -0.2) is 4.79 Å². The number of aliphatic hydroxyl groups is 1. The fourth-order valence-corrected chi connectivity index (χ4v) is 2.68. The number of nitriles is 1. The van der Waals surface area contributed by atoms with Gasteiger partial charge in [0.05, 0.1) is 17.0 Å². The molecule has 0 spiro atoms. The van der Waals surface area contributed by atoms with Crippen molar-refractivity contribution in [3.63, 3.8) is 0 Å². The first-order valence-electron chi connectivity index (χ1n) is 7.01. The van der Waals surface area contributed by atoms with Crippen molar-refractivity contribution in [1.82, 2.24) is 0 Å². The highest BCUT2D eigenvalue weighted by Gasteiger charge is 2.64. The lowest BCUT2D eigenvalue weighted by atomic mass is 9.81. The summed E-state index contributed by atoms with van der Waals surface area (Å²) in [5.74, 6) is 4.93. The summed E-state index contributed by atoms with van der Waals surface area (Å²) >= 11 is 0. The number of carbonyl (C=O) groups is 1. The Labute approximate surface area is 123 Å². The number of carboxylic acids is 1. The van der Waals surface area contributed by atoms with E-state index in [1.165, 1.54) is 12.1 Å². The zero-order valence-corrected chi connectivity index (χ0v) is 11.5. The number of rotatable bonds is 3. The van der Waals surface area contributed by atoms with Gasteiger partial charge in [-0.15, -0.1) is 0 Å². The summed E-state index contributed by atoms with van der Waals surface area (Å²) in [4.78, 5) is 10.8. The zero-order valence-electron chi connectivity index (χ0n) is 11.5. The van der Waals surface area contributed by atoms with E-state index in [0.29, 0.717) is 18.4 Å². The lowest BCUT2D eigenvalue weighted by Crippen LogP contribution is -2.39. The highest BCUT2D eigenvalue weighted by Crippen LogP contribution is 2.60. The fourth-order valence-electron chi connectivity index (χ4n) is 2.68. The topological polar surface area (TPSA) is 81.3 Å². The highest BCUT2D eigenvalue weighted by molar-refractivity contribution is 5.87. The molecule has 2 aliphatic carbocycles. The van der Waals surface area contributed by atoms with Gasteiger partial charge in [-0.3, -0.25) is 0 Å². The minimum absolute atomic E-state index is 0.0884. The quantitative estimate of drug-likeness (QED) is 0.832. The molecule has 1 aromatic rings. The summed E-state index contributed by atoms with van der Waals surface area (Å²) in [5, 5.41) is 29.0. The van der Waals surface area contributed by atoms with Gasteiger partial charge in [0.1, 0.15) is 5.60 Å². The second-order valence-corrected chi connectivity index (χ2v) is 5.87. The molecule has 0 bridgehead atoms. The Morgan fingerprint density at radius 2 is 1.90 bits per heavy atom. The van der Waals surface area contributed by atoms with Crippen LogP contribution in [0.4, 0.5) is 0 Å². The Kier molecular flexibility index (Phi) is 3.01. The van der Waals surface area contributed by atoms with E-state index in [1.807, 2.05) is 0 Å². The van der Waals surface area contributed by atoms with Crippen LogP contribution in [0.1, 0.15) is 41.6 Å². The number of carboxylic acid groups (broad SMARTS) is 1. The van der Waals surface area contributed by atoms with Crippen molar-refractivity contribution >= 4 is 5.97 Å². The highest BCUT2D eigenvalue weighted by atomic mass is 16.4. The molecule has 3 rings (SSSR count). The van der Waals surface area contributed by atoms with Crippen molar-refractivity contribution in [3.8, 4) is 17.9 Å². The Balaban J connectivity index is 1.88. The summed E-state index contributed by atoms with van der Waals surface area (Å²) < 4.78 is 0. The van der Waals surface area contributed by atoms with E-state index >= 15 is 0 Å². The molecule has 4 heteroatoms. The van der Waals surface area contributed by atoms with Gasteiger partial charge in [0, 0.05) is 11.5 Å².